The fourth-order valence-electron chi connectivity index (χ4n) is 1.98. The van der Waals surface area contributed by atoms with Crippen LogP contribution in [0, 0.1) is 0 Å². The van der Waals surface area contributed by atoms with E-state index in [4.69, 9.17) is 16.7 Å². The first-order valence-electron chi connectivity index (χ1n) is 5.07. The van der Waals surface area contributed by atoms with Crippen molar-refractivity contribution in [3.63, 3.8) is 0 Å². The lowest BCUT2D eigenvalue weighted by Gasteiger charge is -2.04. The van der Waals surface area contributed by atoms with Gasteiger partial charge in [0.25, 0.3) is 0 Å². The minimum absolute atomic E-state index is 0.231. The van der Waals surface area contributed by atoms with E-state index in [1.54, 1.807) is 0 Å². The van der Waals surface area contributed by atoms with Gasteiger partial charge in [0.05, 0.1) is 10.5 Å². The highest BCUT2D eigenvalue weighted by molar-refractivity contribution is 6.35. The Balaban J connectivity index is 2.54. The molecule has 15 heavy (non-hydrogen) atoms. The van der Waals surface area contributed by atoms with E-state index in [1.165, 1.54) is 11.1 Å². The van der Waals surface area contributed by atoms with Gasteiger partial charge >= 0.3 is 0 Å². The van der Waals surface area contributed by atoms with Crippen LogP contribution >= 0.6 is 11.6 Å². The second-order valence-corrected chi connectivity index (χ2v) is 4.14. The van der Waals surface area contributed by atoms with Crippen LogP contribution in [0.15, 0.2) is 24.4 Å². The number of aliphatic hydroxyl groups excluding tert-OH is 1. The van der Waals surface area contributed by atoms with Crippen LogP contribution < -0.4 is 0 Å². The van der Waals surface area contributed by atoms with Crippen LogP contribution in [-0.2, 0) is 13.5 Å². The number of nitrogens with zero attached hydrogens (tertiary/aromatic N) is 1. The molecule has 0 aliphatic rings. The Kier molecular flexibility index (Phi) is 2.98. The second-order valence-electron chi connectivity index (χ2n) is 3.73. The Morgan fingerprint density at radius 2 is 2.20 bits per heavy atom. The van der Waals surface area contributed by atoms with E-state index in [2.05, 4.69) is 6.07 Å². The Labute approximate surface area is 94.1 Å². The molecule has 0 unspecified atom stereocenters. The number of benzene rings is 1. The van der Waals surface area contributed by atoms with Gasteiger partial charge in [-0.05, 0) is 18.4 Å². The van der Waals surface area contributed by atoms with Crippen molar-refractivity contribution >= 4 is 22.5 Å². The molecule has 0 spiro atoms. The number of aryl methyl sites for hydroxylation is 2. The maximum Gasteiger partial charge on any atom is 0.0661 e. The molecule has 0 aliphatic carbocycles. The van der Waals surface area contributed by atoms with Gasteiger partial charge in [0.15, 0.2) is 0 Å². The number of fused-ring (bicyclic) bond motifs is 1. The van der Waals surface area contributed by atoms with Crippen molar-refractivity contribution in [1.29, 1.82) is 0 Å². The maximum absolute atomic E-state index is 8.84. The second kappa shape index (κ2) is 4.25. The highest BCUT2D eigenvalue weighted by Crippen LogP contribution is 2.28. The van der Waals surface area contributed by atoms with Crippen molar-refractivity contribution in [2.24, 2.45) is 7.05 Å². The molecule has 2 rings (SSSR count). The summed E-state index contributed by atoms with van der Waals surface area (Å²) in [6, 6.07) is 6.13. The van der Waals surface area contributed by atoms with Gasteiger partial charge in [-0.1, -0.05) is 29.8 Å². The molecule has 0 amide bonds. The lowest BCUT2D eigenvalue weighted by molar-refractivity contribution is 0.288. The Morgan fingerprint density at radius 3 is 2.93 bits per heavy atom. The molecule has 1 N–H and O–H groups in total. The summed E-state index contributed by atoms with van der Waals surface area (Å²) < 4.78 is 2.05. The van der Waals surface area contributed by atoms with Crippen molar-refractivity contribution in [3.05, 3.63) is 35.0 Å². The van der Waals surface area contributed by atoms with Crippen LogP contribution in [0.1, 0.15) is 12.0 Å². The Morgan fingerprint density at radius 1 is 1.40 bits per heavy atom. The number of hydrogen-bond donors (Lipinski definition) is 1. The summed E-state index contributed by atoms with van der Waals surface area (Å²) in [5, 5.41) is 10.7. The van der Waals surface area contributed by atoms with E-state index < -0.39 is 0 Å². The van der Waals surface area contributed by atoms with E-state index >= 15 is 0 Å². The molecule has 0 aliphatic heterocycles. The van der Waals surface area contributed by atoms with E-state index in [9.17, 15) is 0 Å². The molecular formula is C12H14ClNO. The third-order valence-electron chi connectivity index (χ3n) is 2.64. The van der Waals surface area contributed by atoms with Crippen LogP contribution in [0.25, 0.3) is 10.9 Å². The van der Waals surface area contributed by atoms with Crippen molar-refractivity contribution in [2.75, 3.05) is 6.61 Å². The lowest BCUT2D eigenvalue weighted by Crippen LogP contribution is -1.94. The van der Waals surface area contributed by atoms with Crippen molar-refractivity contribution in [3.8, 4) is 0 Å². The predicted octanol–water partition coefficient (Wildman–Crippen LogP) is 2.76. The summed E-state index contributed by atoms with van der Waals surface area (Å²) in [5.41, 5.74) is 2.42. The lowest BCUT2D eigenvalue weighted by atomic mass is 10.1. The first-order chi connectivity index (χ1) is 7.24. The molecule has 80 valence electrons. The number of rotatable bonds is 3. The highest BCUT2D eigenvalue weighted by Gasteiger charge is 2.08. The molecule has 1 aromatic heterocycles. The van der Waals surface area contributed by atoms with Gasteiger partial charge in [-0.2, -0.15) is 0 Å². The summed E-state index contributed by atoms with van der Waals surface area (Å²) in [4.78, 5) is 0. The largest absolute Gasteiger partial charge is 0.396 e. The molecule has 0 radical (unpaired) electrons. The number of para-hydroxylation sites is 1. The third-order valence-corrected chi connectivity index (χ3v) is 2.94. The molecule has 1 aromatic carbocycles. The smallest absolute Gasteiger partial charge is 0.0661 e. The fourth-order valence-corrected chi connectivity index (χ4v) is 2.27. The minimum atomic E-state index is 0.231. The average molecular weight is 224 g/mol. The molecule has 0 atom stereocenters. The Bertz CT molecular complexity index is 476. The van der Waals surface area contributed by atoms with Gasteiger partial charge in [-0.15, -0.1) is 0 Å². The topological polar surface area (TPSA) is 25.2 Å². The number of halogens is 1. The number of hydrogen-bond acceptors (Lipinski definition) is 1. The van der Waals surface area contributed by atoms with Gasteiger partial charge in [0.1, 0.15) is 0 Å². The molecule has 0 saturated carbocycles. The monoisotopic (exact) mass is 223 g/mol. The molecule has 0 fully saturated rings. The first kappa shape index (κ1) is 10.5. The predicted molar refractivity (Wildman–Crippen MR) is 63.3 cm³/mol. The van der Waals surface area contributed by atoms with Crippen LogP contribution in [0.4, 0.5) is 0 Å². The quantitative estimate of drug-likeness (QED) is 0.851. The highest BCUT2D eigenvalue weighted by atomic mass is 35.5. The van der Waals surface area contributed by atoms with Crippen molar-refractivity contribution in [1.82, 2.24) is 4.57 Å². The molecular weight excluding hydrogens is 210 g/mol. The van der Waals surface area contributed by atoms with Crippen LogP contribution in [0.5, 0.6) is 0 Å². The van der Waals surface area contributed by atoms with E-state index in [0.717, 1.165) is 23.3 Å². The molecule has 2 nitrogen and oxygen atoms in total. The zero-order valence-corrected chi connectivity index (χ0v) is 9.46. The van der Waals surface area contributed by atoms with E-state index in [1.807, 2.05) is 29.9 Å². The summed E-state index contributed by atoms with van der Waals surface area (Å²) in [6.45, 7) is 0.231. The van der Waals surface area contributed by atoms with Gasteiger partial charge in [-0.3, -0.25) is 0 Å². The SMILES string of the molecule is Cn1cc(Cl)c2cccc(CCCO)c21. The first-order valence-corrected chi connectivity index (χ1v) is 5.45. The number of aromatic nitrogens is 1. The van der Waals surface area contributed by atoms with Crippen LogP contribution in [0.2, 0.25) is 5.02 Å². The third kappa shape index (κ3) is 1.87. The summed E-state index contributed by atoms with van der Waals surface area (Å²) in [5.74, 6) is 0. The molecule has 0 saturated heterocycles. The Hall–Kier alpha value is -0.990. The normalized spacial score (nSPS) is 11.1. The minimum Gasteiger partial charge on any atom is -0.396 e. The van der Waals surface area contributed by atoms with Crippen molar-refractivity contribution in [2.45, 2.75) is 12.8 Å². The summed E-state index contributed by atoms with van der Waals surface area (Å²) in [7, 11) is 2.00. The van der Waals surface area contributed by atoms with Crippen LogP contribution in [-0.4, -0.2) is 16.3 Å². The van der Waals surface area contributed by atoms with Crippen molar-refractivity contribution < 1.29 is 5.11 Å². The molecule has 2 aromatic rings. The van der Waals surface area contributed by atoms with Crippen LogP contribution in [0.3, 0.4) is 0 Å². The van der Waals surface area contributed by atoms with E-state index in [0.29, 0.717) is 0 Å². The zero-order valence-electron chi connectivity index (χ0n) is 8.70. The number of aliphatic hydroxyl groups is 1. The standard InChI is InChI=1S/C12H14ClNO/c1-14-8-11(13)10-6-2-4-9(12(10)14)5-3-7-15/h2,4,6,8,15H,3,5,7H2,1H3. The van der Waals surface area contributed by atoms with Gasteiger partial charge < -0.3 is 9.67 Å². The van der Waals surface area contributed by atoms with E-state index in [-0.39, 0.29) is 6.61 Å². The fraction of sp³-hybridized carbons (Fsp3) is 0.333. The molecule has 3 heteroatoms. The molecule has 0 bridgehead atoms. The zero-order chi connectivity index (χ0) is 10.8. The average Bonchev–Trinajstić information content (AvgIpc) is 2.53. The van der Waals surface area contributed by atoms with Gasteiger partial charge in [0.2, 0.25) is 0 Å². The summed E-state index contributed by atoms with van der Waals surface area (Å²) >= 11 is 6.11. The van der Waals surface area contributed by atoms with Gasteiger partial charge in [-0.25, -0.2) is 0 Å². The molecule has 1 heterocycles. The van der Waals surface area contributed by atoms with Gasteiger partial charge in [0, 0.05) is 25.2 Å². The maximum atomic E-state index is 8.84. The summed E-state index contributed by atoms with van der Waals surface area (Å²) in [6.07, 6.45) is 3.61.